The number of hydrogen-bond acceptors (Lipinski definition) is 0. The summed E-state index contributed by atoms with van der Waals surface area (Å²) >= 11 is 0. The van der Waals surface area contributed by atoms with Crippen LogP contribution in [0.3, 0.4) is 0 Å². The maximum atomic E-state index is 3.90. The highest BCUT2D eigenvalue weighted by atomic mass is 14.0. The second-order valence-electron chi connectivity index (χ2n) is 2.69. The minimum absolute atomic E-state index is 1.14. The van der Waals surface area contributed by atoms with Crippen molar-refractivity contribution in [3.63, 3.8) is 0 Å². The van der Waals surface area contributed by atoms with E-state index in [1.807, 2.05) is 0 Å². The molecular weight excluding hydrogens is 108 g/mol. The molecule has 0 heterocycles. The zero-order valence-corrected chi connectivity index (χ0v) is 5.95. The minimum Gasteiger partial charge on any atom is -0.0955 e. The summed E-state index contributed by atoms with van der Waals surface area (Å²) in [6, 6.07) is 0. The first-order valence-electron chi connectivity index (χ1n) is 3.81. The molecule has 0 atom stereocenters. The van der Waals surface area contributed by atoms with Gasteiger partial charge in [0.15, 0.2) is 0 Å². The molecule has 0 spiro atoms. The molecule has 0 aliphatic heterocycles. The van der Waals surface area contributed by atoms with Crippen LogP contribution >= 0.6 is 0 Å². The molecule has 0 N–H and O–H groups in total. The lowest BCUT2D eigenvalue weighted by Crippen LogP contribution is -1.86. The van der Waals surface area contributed by atoms with Crippen LogP contribution in [0.15, 0.2) is 5.57 Å². The van der Waals surface area contributed by atoms with Crippen LogP contribution in [0.2, 0.25) is 0 Å². The highest BCUT2D eigenvalue weighted by Crippen LogP contribution is 2.14. The summed E-state index contributed by atoms with van der Waals surface area (Å²) in [7, 11) is 0. The predicted octanol–water partition coefficient (Wildman–Crippen LogP) is 2.90. The van der Waals surface area contributed by atoms with Crippen LogP contribution in [0.5, 0.6) is 0 Å². The molecule has 0 aromatic heterocycles. The van der Waals surface area contributed by atoms with Gasteiger partial charge in [-0.1, -0.05) is 25.3 Å². The third kappa shape index (κ3) is 2.59. The molecule has 0 radical (unpaired) electrons. The standard InChI is InChI=1S/C9H14/c1-9-7-5-3-2-4-6-8-9/h1-7H2. The Balaban J connectivity index is 2.32. The molecule has 0 heteroatoms. The molecule has 1 rings (SSSR count). The van der Waals surface area contributed by atoms with Gasteiger partial charge in [-0.15, -0.1) is 0 Å². The van der Waals surface area contributed by atoms with Gasteiger partial charge in [-0.25, -0.2) is 0 Å². The Labute approximate surface area is 58.0 Å². The highest BCUT2D eigenvalue weighted by molar-refractivity contribution is 5.00. The Morgan fingerprint density at radius 3 is 2.78 bits per heavy atom. The molecule has 0 aromatic carbocycles. The van der Waals surface area contributed by atoms with Gasteiger partial charge in [-0.2, -0.15) is 0 Å². The van der Waals surface area contributed by atoms with Gasteiger partial charge in [-0.05, 0) is 31.8 Å². The van der Waals surface area contributed by atoms with E-state index in [0.717, 1.165) is 6.42 Å². The van der Waals surface area contributed by atoms with Crippen molar-refractivity contribution in [3.8, 4) is 0 Å². The van der Waals surface area contributed by atoms with Crippen LogP contribution < -0.4 is 0 Å². The fraction of sp³-hybridized carbons (Fsp3) is 0.667. The lowest BCUT2D eigenvalue weighted by molar-refractivity contribution is 0.623. The lowest BCUT2D eigenvalue weighted by Gasteiger charge is -2.04. The molecule has 0 fully saturated rings. The molecule has 1 aliphatic carbocycles. The van der Waals surface area contributed by atoms with E-state index in [4.69, 9.17) is 0 Å². The fourth-order valence-corrected chi connectivity index (χ4v) is 1.17. The summed E-state index contributed by atoms with van der Waals surface area (Å²) in [4.78, 5) is 0. The van der Waals surface area contributed by atoms with E-state index in [1.54, 1.807) is 0 Å². The maximum absolute atomic E-state index is 3.90. The van der Waals surface area contributed by atoms with Crippen LogP contribution in [0.1, 0.15) is 38.5 Å². The van der Waals surface area contributed by atoms with Gasteiger partial charge < -0.3 is 0 Å². The van der Waals surface area contributed by atoms with E-state index < -0.39 is 0 Å². The van der Waals surface area contributed by atoms with Crippen molar-refractivity contribution in [1.29, 1.82) is 0 Å². The SMILES string of the molecule is [CH2+]C1=[C-]CCCCCC1. The number of allylic oxidation sites excluding steroid dienone is 2. The molecule has 0 aromatic rings. The monoisotopic (exact) mass is 122 g/mol. The van der Waals surface area contributed by atoms with E-state index >= 15 is 0 Å². The largest absolute Gasteiger partial charge is 0.0955 e. The van der Waals surface area contributed by atoms with E-state index in [2.05, 4.69) is 13.0 Å². The van der Waals surface area contributed by atoms with Crippen LogP contribution in [-0.4, -0.2) is 0 Å². The van der Waals surface area contributed by atoms with E-state index in [1.165, 1.54) is 37.7 Å². The van der Waals surface area contributed by atoms with Gasteiger partial charge >= 0.3 is 0 Å². The maximum Gasteiger partial charge on any atom is -0.0274 e. The topological polar surface area (TPSA) is 0 Å². The summed E-state index contributed by atoms with van der Waals surface area (Å²) in [6.07, 6.45) is 11.0. The zero-order valence-electron chi connectivity index (χ0n) is 5.95. The Morgan fingerprint density at radius 2 is 1.89 bits per heavy atom. The Hall–Kier alpha value is -0.390. The number of rotatable bonds is 0. The molecule has 0 unspecified atom stereocenters. The number of hydrogen-bond donors (Lipinski definition) is 0. The Kier molecular flexibility index (Phi) is 2.69. The second kappa shape index (κ2) is 3.60. The molecule has 0 saturated heterocycles. The van der Waals surface area contributed by atoms with Gasteiger partial charge in [-0.3, -0.25) is 0 Å². The van der Waals surface area contributed by atoms with Gasteiger partial charge in [0, 0.05) is 0 Å². The van der Waals surface area contributed by atoms with E-state index in [9.17, 15) is 0 Å². The summed E-state index contributed by atoms with van der Waals surface area (Å²) < 4.78 is 0. The molecule has 50 valence electrons. The average molecular weight is 122 g/mol. The van der Waals surface area contributed by atoms with Crippen molar-refractivity contribution in [3.05, 3.63) is 18.6 Å². The van der Waals surface area contributed by atoms with Gasteiger partial charge in [0.2, 0.25) is 0 Å². The van der Waals surface area contributed by atoms with Crippen molar-refractivity contribution in [2.75, 3.05) is 0 Å². The van der Waals surface area contributed by atoms with Gasteiger partial charge in [0.05, 0.1) is 0 Å². The third-order valence-corrected chi connectivity index (χ3v) is 1.78. The summed E-state index contributed by atoms with van der Waals surface area (Å²) in [5, 5.41) is 0. The van der Waals surface area contributed by atoms with E-state index in [0.29, 0.717) is 0 Å². The molecule has 0 nitrogen and oxygen atoms in total. The zero-order chi connectivity index (χ0) is 6.53. The quantitative estimate of drug-likeness (QED) is 0.433. The normalized spacial score (nSPS) is 22.0. The smallest absolute Gasteiger partial charge is 0.0274 e. The summed E-state index contributed by atoms with van der Waals surface area (Å²) in [5.41, 5.74) is 1.23. The van der Waals surface area contributed by atoms with Gasteiger partial charge in [0.25, 0.3) is 0 Å². The molecule has 1 aliphatic rings. The summed E-state index contributed by atoms with van der Waals surface area (Å²) in [5.74, 6) is 0. The van der Waals surface area contributed by atoms with E-state index in [-0.39, 0.29) is 0 Å². The summed E-state index contributed by atoms with van der Waals surface area (Å²) in [6.45, 7) is 3.90. The van der Waals surface area contributed by atoms with Crippen molar-refractivity contribution in [2.45, 2.75) is 38.5 Å². The third-order valence-electron chi connectivity index (χ3n) is 1.78. The lowest BCUT2D eigenvalue weighted by atomic mass is 10.0. The van der Waals surface area contributed by atoms with Crippen LogP contribution in [0.4, 0.5) is 0 Å². The molecule has 0 bridgehead atoms. The second-order valence-corrected chi connectivity index (χ2v) is 2.69. The van der Waals surface area contributed by atoms with Crippen LogP contribution in [-0.2, 0) is 0 Å². The van der Waals surface area contributed by atoms with Crippen molar-refractivity contribution in [2.24, 2.45) is 0 Å². The van der Waals surface area contributed by atoms with Crippen molar-refractivity contribution in [1.82, 2.24) is 0 Å². The van der Waals surface area contributed by atoms with Crippen molar-refractivity contribution < 1.29 is 0 Å². The minimum atomic E-state index is 1.14. The highest BCUT2D eigenvalue weighted by Gasteiger charge is 1.96. The van der Waals surface area contributed by atoms with Crippen LogP contribution in [0, 0.1) is 13.0 Å². The average Bonchev–Trinajstić information content (AvgIpc) is 1.79. The first kappa shape index (κ1) is 6.73. The fourth-order valence-electron chi connectivity index (χ4n) is 1.17. The molecule has 9 heavy (non-hydrogen) atoms. The Morgan fingerprint density at radius 1 is 1.11 bits per heavy atom. The van der Waals surface area contributed by atoms with Gasteiger partial charge in [0.1, 0.15) is 0 Å². The van der Waals surface area contributed by atoms with Crippen molar-refractivity contribution >= 4 is 0 Å². The molecule has 0 saturated carbocycles. The Bertz CT molecular complexity index is 101. The predicted molar refractivity (Wildman–Crippen MR) is 39.8 cm³/mol. The van der Waals surface area contributed by atoms with Crippen LogP contribution in [0.25, 0.3) is 0 Å². The first-order chi connectivity index (χ1) is 4.39. The first-order valence-corrected chi connectivity index (χ1v) is 3.81. The molecular formula is C9H14. The molecule has 0 amide bonds.